The second-order valence-electron chi connectivity index (χ2n) is 6.56. The molecule has 1 aliphatic heterocycles. The molecule has 1 saturated heterocycles. The van der Waals surface area contributed by atoms with Crippen LogP contribution >= 0.6 is 0 Å². The maximum absolute atomic E-state index is 12.9. The predicted molar refractivity (Wildman–Crippen MR) is 85.4 cm³/mol. The van der Waals surface area contributed by atoms with E-state index >= 15 is 0 Å². The maximum Gasteiger partial charge on any atom is 0.276 e. The monoisotopic (exact) mass is 331 g/mol. The lowest BCUT2D eigenvalue weighted by molar-refractivity contribution is 0.0669. The number of carbonyl (C=O) groups is 1. The van der Waals surface area contributed by atoms with Crippen molar-refractivity contribution < 1.29 is 14.1 Å². The van der Waals surface area contributed by atoms with Gasteiger partial charge in [0.25, 0.3) is 5.91 Å². The van der Waals surface area contributed by atoms with Crippen molar-refractivity contribution in [2.75, 3.05) is 19.4 Å². The molecule has 2 atom stereocenters. The number of carbonyl (C=O) groups excluding carboxylic acids is 1. The molecule has 8 heteroatoms. The van der Waals surface area contributed by atoms with Crippen LogP contribution in [-0.2, 0) is 11.3 Å². The molecule has 0 radical (unpaired) electrons. The van der Waals surface area contributed by atoms with Gasteiger partial charge >= 0.3 is 0 Å². The molecule has 2 aliphatic rings. The molecule has 0 spiro atoms. The van der Waals surface area contributed by atoms with Gasteiger partial charge in [0, 0.05) is 31.8 Å². The number of ether oxygens (including phenoxy) is 1. The van der Waals surface area contributed by atoms with Crippen LogP contribution in [0.3, 0.4) is 0 Å². The van der Waals surface area contributed by atoms with E-state index in [9.17, 15) is 4.79 Å². The number of nitrogens with two attached hydrogens (primary N) is 1. The molecule has 2 N–H and O–H groups in total. The Balaban J connectivity index is 1.51. The molecule has 1 aliphatic carbocycles. The van der Waals surface area contributed by atoms with Crippen LogP contribution in [0.25, 0.3) is 0 Å². The fourth-order valence-corrected chi connectivity index (χ4v) is 3.26. The van der Waals surface area contributed by atoms with Gasteiger partial charge in [-0.05, 0) is 25.3 Å². The van der Waals surface area contributed by atoms with Crippen molar-refractivity contribution in [3.05, 3.63) is 29.8 Å². The number of hydrogen-bond acceptors (Lipinski definition) is 6. The molecule has 0 aromatic carbocycles. The quantitative estimate of drug-likeness (QED) is 0.885. The Morgan fingerprint density at radius 1 is 1.50 bits per heavy atom. The molecular formula is C16H21N5O3. The Morgan fingerprint density at radius 3 is 3.00 bits per heavy atom. The van der Waals surface area contributed by atoms with Gasteiger partial charge < -0.3 is 19.9 Å². The highest BCUT2D eigenvalue weighted by molar-refractivity contribution is 5.92. The highest BCUT2D eigenvalue weighted by Gasteiger charge is 2.38. The standard InChI is InChI=1S/C16H21N5O3/c1-23-12-6-11(8-20-5-4-15(17)18-20)21(9-12)16(22)13-7-14(24-19-13)10-2-3-10/h4-5,7,10-12H,2-3,6,8-9H2,1H3,(H2,17,18)/t11-,12-/m0/s1. The fourth-order valence-electron chi connectivity index (χ4n) is 3.26. The summed E-state index contributed by atoms with van der Waals surface area (Å²) in [6.45, 7) is 1.12. The van der Waals surface area contributed by atoms with Crippen LogP contribution < -0.4 is 5.73 Å². The molecule has 128 valence electrons. The summed E-state index contributed by atoms with van der Waals surface area (Å²) in [7, 11) is 1.67. The minimum absolute atomic E-state index is 0.0113. The summed E-state index contributed by atoms with van der Waals surface area (Å²) in [6.07, 6.45) is 4.82. The molecule has 0 bridgehead atoms. The van der Waals surface area contributed by atoms with E-state index in [1.165, 1.54) is 0 Å². The first-order valence-electron chi connectivity index (χ1n) is 8.23. The molecule has 8 nitrogen and oxygen atoms in total. The van der Waals surface area contributed by atoms with Crippen molar-refractivity contribution in [3.8, 4) is 0 Å². The van der Waals surface area contributed by atoms with Crippen LogP contribution in [-0.4, -0.2) is 51.5 Å². The third-order valence-electron chi connectivity index (χ3n) is 4.76. The van der Waals surface area contributed by atoms with E-state index in [-0.39, 0.29) is 18.1 Å². The van der Waals surface area contributed by atoms with Gasteiger partial charge in [-0.3, -0.25) is 9.48 Å². The van der Waals surface area contributed by atoms with E-state index in [2.05, 4.69) is 10.3 Å². The van der Waals surface area contributed by atoms with Crippen molar-refractivity contribution in [2.45, 2.75) is 43.9 Å². The summed E-state index contributed by atoms with van der Waals surface area (Å²) in [5, 5.41) is 8.18. The van der Waals surface area contributed by atoms with Crippen molar-refractivity contribution in [1.29, 1.82) is 0 Å². The van der Waals surface area contributed by atoms with Crippen molar-refractivity contribution in [2.24, 2.45) is 0 Å². The molecule has 24 heavy (non-hydrogen) atoms. The number of hydrogen-bond donors (Lipinski definition) is 1. The second kappa shape index (κ2) is 5.94. The van der Waals surface area contributed by atoms with Gasteiger partial charge in [-0.2, -0.15) is 5.10 Å². The summed E-state index contributed by atoms with van der Waals surface area (Å²) in [6, 6.07) is 3.51. The van der Waals surface area contributed by atoms with E-state index < -0.39 is 0 Å². The van der Waals surface area contributed by atoms with Crippen LogP contribution in [0, 0.1) is 0 Å². The molecule has 2 aromatic heterocycles. The Hall–Kier alpha value is -2.35. The van der Waals surface area contributed by atoms with Crippen molar-refractivity contribution in [1.82, 2.24) is 19.8 Å². The largest absolute Gasteiger partial charge is 0.382 e. The summed E-state index contributed by atoms with van der Waals surface area (Å²) < 4.78 is 12.5. The van der Waals surface area contributed by atoms with E-state index in [0.717, 1.165) is 25.0 Å². The van der Waals surface area contributed by atoms with Gasteiger partial charge in [-0.1, -0.05) is 5.16 Å². The summed E-state index contributed by atoms with van der Waals surface area (Å²) in [4.78, 5) is 14.7. The second-order valence-corrected chi connectivity index (χ2v) is 6.56. The summed E-state index contributed by atoms with van der Waals surface area (Å²) in [5.41, 5.74) is 6.04. The Bertz CT molecular complexity index is 736. The maximum atomic E-state index is 12.9. The van der Waals surface area contributed by atoms with E-state index in [1.807, 2.05) is 6.20 Å². The molecule has 2 fully saturated rings. The van der Waals surface area contributed by atoms with Gasteiger partial charge in [0.15, 0.2) is 5.69 Å². The van der Waals surface area contributed by atoms with E-state index in [1.54, 1.807) is 28.8 Å². The first kappa shape index (κ1) is 15.2. The topological polar surface area (TPSA) is 99.4 Å². The normalized spacial score (nSPS) is 23.8. The third-order valence-corrected chi connectivity index (χ3v) is 4.76. The first-order valence-corrected chi connectivity index (χ1v) is 8.23. The molecule has 3 heterocycles. The smallest absolute Gasteiger partial charge is 0.276 e. The van der Waals surface area contributed by atoms with Gasteiger partial charge in [-0.25, -0.2) is 0 Å². The van der Waals surface area contributed by atoms with Gasteiger partial charge in [-0.15, -0.1) is 0 Å². The minimum atomic E-state index is -0.115. The van der Waals surface area contributed by atoms with Gasteiger partial charge in [0.1, 0.15) is 11.6 Å². The van der Waals surface area contributed by atoms with E-state index in [0.29, 0.717) is 30.5 Å². The number of methoxy groups -OCH3 is 1. The molecule has 2 aromatic rings. The van der Waals surface area contributed by atoms with Crippen molar-refractivity contribution in [3.63, 3.8) is 0 Å². The number of amides is 1. The van der Waals surface area contributed by atoms with Crippen LogP contribution in [0.15, 0.2) is 22.9 Å². The van der Waals surface area contributed by atoms with Crippen LogP contribution in [0.4, 0.5) is 5.82 Å². The SMILES string of the molecule is CO[C@H]1C[C@@H](Cn2ccc(N)n2)N(C(=O)c2cc(C3CC3)on2)C1. The molecule has 1 saturated carbocycles. The average Bonchev–Trinajstić information content (AvgIpc) is 2.99. The van der Waals surface area contributed by atoms with Crippen LogP contribution in [0.1, 0.15) is 41.4 Å². The minimum Gasteiger partial charge on any atom is -0.382 e. The summed E-state index contributed by atoms with van der Waals surface area (Å²) >= 11 is 0. The average molecular weight is 331 g/mol. The zero-order valence-electron chi connectivity index (χ0n) is 13.6. The van der Waals surface area contributed by atoms with Crippen molar-refractivity contribution >= 4 is 11.7 Å². The summed E-state index contributed by atoms with van der Waals surface area (Å²) in [5.74, 6) is 1.61. The number of nitrogens with zero attached hydrogens (tertiary/aromatic N) is 4. The molecule has 4 rings (SSSR count). The fraction of sp³-hybridized carbons (Fsp3) is 0.562. The number of nitrogen functional groups attached to an aromatic ring is 1. The molecule has 1 amide bonds. The Morgan fingerprint density at radius 2 is 2.33 bits per heavy atom. The van der Waals surface area contributed by atoms with Crippen LogP contribution in [0.2, 0.25) is 0 Å². The lowest BCUT2D eigenvalue weighted by Crippen LogP contribution is -2.38. The lowest BCUT2D eigenvalue weighted by Gasteiger charge is -2.23. The molecule has 0 unspecified atom stereocenters. The predicted octanol–water partition coefficient (Wildman–Crippen LogP) is 1.26. The van der Waals surface area contributed by atoms with E-state index in [4.69, 9.17) is 15.0 Å². The number of anilines is 1. The number of likely N-dealkylation sites (tertiary alicyclic amines) is 1. The Kier molecular flexibility index (Phi) is 3.76. The molecular weight excluding hydrogens is 310 g/mol. The lowest BCUT2D eigenvalue weighted by atomic mass is 10.2. The van der Waals surface area contributed by atoms with Gasteiger partial charge in [0.05, 0.1) is 18.7 Å². The third kappa shape index (κ3) is 2.89. The number of rotatable bonds is 5. The number of aromatic nitrogens is 3. The Labute approximate surface area is 139 Å². The highest BCUT2D eigenvalue weighted by atomic mass is 16.5. The first-order chi connectivity index (χ1) is 11.6. The zero-order chi connectivity index (χ0) is 16.7. The van der Waals surface area contributed by atoms with Gasteiger partial charge in [0.2, 0.25) is 0 Å². The van der Waals surface area contributed by atoms with Crippen LogP contribution in [0.5, 0.6) is 0 Å². The highest BCUT2D eigenvalue weighted by Crippen LogP contribution is 2.40. The zero-order valence-corrected chi connectivity index (χ0v) is 13.6.